The zero-order valence-electron chi connectivity index (χ0n) is 11.2. The Morgan fingerprint density at radius 2 is 1.84 bits per heavy atom. The molecule has 0 spiro atoms. The van der Waals surface area contributed by atoms with E-state index in [9.17, 15) is 0 Å². The third kappa shape index (κ3) is 1.93. The average Bonchev–Trinajstić information content (AvgIpc) is 2.77. The van der Waals surface area contributed by atoms with E-state index in [2.05, 4.69) is 21.1 Å². The molecule has 0 aromatic carbocycles. The van der Waals surface area contributed by atoms with Crippen molar-refractivity contribution in [2.24, 2.45) is 7.05 Å². The third-order valence-corrected chi connectivity index (χ3v) is 3.10. The van der Waals surface area contributed by atoms with Gasteiger partial charge >= 0.3 is 0 Å². The predicted octanol–water partition coefficient (Wildman–Crippen LogP) is 2.10. The van der Waals surface area contributed by atoms with Crippen LogP contribution >= 0.6 is 0 Å². The maximum absolute atomic E-state index is 4.51. The minimum absolute atomic E-state index is 0.890. The van der Waals surface area contributed by atoms with E-state index < -0.39 is 0 Å². The summed E-state index contributed by atoms with van der Waals surface area (Å²) in [5.41, 5.74) is 3.07. The summed E-state index contributed by atoms with van der Waals surface area (Å²) in [4.78, 5) is 10.6. The Morgan fingerprint density at radius 3 is 2.53 bits per heavy atom. The molecule has 19 heavy (non-hydrogen) atoms. The number of aromatic nitrogens is 4. The van der Waals surface area contributed by atoms with Crippen LogP contribution in [0, 0.1) is 0 Å². The predicted molar refractivity (Wildman–Crippen MR) is 76.1 cm³/mol. The van der Waals surface area contributed by atoms with Gasteiger partial charge in [-0.1, -0.05) is 0 Å². The van der Waals surface area contributed by atoms with Gasteiger partial charge in [-0.2, -0.15) is 5.10 Å². The molecule has 0 saturated carbocycles. The fourth-order valence-corrected chi connectivity index (χ4v) is 2.16. The van der Waals surface area contributed by atoms with Crippen molar-refractivity contribution in [2.75, 3.05) is 19.0 Å². The first-order valence-corrected chi connectivity index (χ1v) is 6.07. The minimum Gasteiger partial charge on any atom is -0.361 e. The number of rotatable bonds is 2. The van der Waals surface area contributed by atoms with Crippen molar-refractivity contribution in [1.82, 2.24) is 19.7 Å². The van der Waals surface area contributed by atoms with Crippen LogP contribution in [0.4, 0.5) is 5.82 Å². The second-order valence-electron chi connectivity index (χ2n) is 4.67. The van der Waals surface area contributed by atoms with Crippen LogP contribution in [0.15, 0.2) is 36.8 Å². The van der Waals surface area contributed by atoms with Gasteiger partial charge in [-0.05, 0) is 23.8 Å². The smallest absolute Gasteiger partial charge is 0.159 e. The Balaban J connectivity index is 2.23. The van der Waals surface area contributed by atoms with Crippen molar-refractivity contribution in [3.05, 3.63) is 36.8 Å². The van der Waals surface area contributed by atoms with Gasteiger partial charge < -0.3 is 4.90 Å². The topological polar surface area (TPSA) is 46.8 Å². The number of anilines is 1. The monoisotopic (exact) mass is 253 g/mol. The zero-order chi connectivity index (χ0) is 13.4. The largest absolute Gasteiger partial charge is 0.361 e. The highest BCUT2D eigenvalue weighted by molar-refractivity contribution is 5.91. The molecule has 0 radical (unpaired) electrons. The molecular formula is C14H15N5. The molecule has 3 aromatic heterocycles. The molecule has 0 aliphatic carbocycles. The molecule has 0 atom stereocenters. The molecule has 3 aromatic rings. The molecule has 96 valence electrons. The molecule has 3 rings (SSSR count). The highest BCUT2D eigenvalue weighted by Gasteiger charge is 2.12. The lowest BCUT2D eigenvalue weighted by Crippen LogP contribution is -2.09. The fourth-order valence-electron chi connectivity index (χ4n) is 2.16. The van der Waals surface area contributed by atoms with Crippen LogP contribution in [0.5, 0.6) is 0 Å². The molecule has 0 N–H and O–H groups in total. The van der Waals surface area contributed by atoms with Crippen LogP contribution in [-0.4, -0.2) is 33.8 Å². The van der Waals surface area contributed by atoms with E-state index in [-0.39, 0.29) is 0 Å². The first-order chi connectivity index (χ1) is 9.16. The molecule has 5 nitrogen and oxygen atoms in total. The van der Waals surface area contributed by atoms with Crippen molar-refractivity contribution >= 4 is 16.9 Å². The summed E-state index contributed by atoms with van der Waals surface area (Å²) in [6.45, 7) is 0. The summed E-state index contributed by atoms with van der Waals surface area (Å²) >= 11 is 0. The van der Waals surface area contributed by atoms with Crippen LogP contribution in [0.25, 0.3) is 22.2 Å². The first-order valence-electron chi connectivity index (χ1n) is 6.07. The van der Waals surface area contributed by atoms with E-state index >= 15 is 0 Å². The lowest BCUT2D eigenvalue weighted by molar-refractivity contribution is 0.779. The number of pyridine rings is 2. The second-order valence-corrected chi connectivity index (χ2v) is 4.67. The summed E-state index contributed by atoms with van der Waals surface area (Å²) in [6.07, 6.45) is 5.45. The van der Waals surface area contributed by atoms with Crippen molar-refractivity contribution < 1.29 is 0 Å². The van der Waals surface area contributed by atoms with Gasteiger partial charge in [0, 0.05) is 45.3 Å². The van der Waals surface area contributed by atoms with E-state index in [1.807, 2.05) is 44.4 Å². The standard InChI is InChI=1S/C14H15N5/c1-18(2)14-12-8-11(10-4-6-15-7-5-10)9-16-13(12)19(3)17-14/h4-9H,1-3H3. The van der Waals surface area contributed by atoms with Crippen molar-refractivity contribution in [1.29, 1.82) is 0 Å². The molecule has 0 aliphatic rings. The number of fused-ring (bicyclic) bond motifs is 1. The lowest BCUT2D eigenvalue weighted by Gasteiger charge is -2.08. The molecule has 0 saturated heterocycles. The van der Waals surface area contributed by atoms with E-state index in [0.717, 1.165) is 28.0 Å². The minimum atomic E-state index is 0.890. The number of aryl methyl sites for hydroxylation is 1. The Labute approximate surface area is 111 Å². The zero-order valence-corrected chi connectivity index (χ0v) is 11.2. The maximum Gasteiger partial charge on any atom is 0.159 e. The van der Waals surface area contributed by atoms with E-state index in [4.69, 9.17) is 0 Å². The summed E-state index contributed by atoms with van der Waals surface area (Å²) in [7, 11) is 5.89. The molecular weight excluding hydrogens is 238 g/mol. The van der Waals surface area contributed by atoms with E-state index in [1.54, 1.807) is 17.1 Å². The molecule has 0 bridgehead atoms. The van der Waals surface area contributed by atoms with Crippen LogP contribution in [0.2, 0.25) is 0 Å². The summed E-state index contributed by atoms with van der Waals surface area (Å²) < 4.78 is 1.81. The molecule has 0 fully saturated rings. The van der Waals surface area contributed by atoms with Crippen LogP contribution in [0.3, 0.4) is 0 Å². The lowest BCUT2D eigenvalue weighted by atomic mass is 10.1. The van der Waals surface area contributed by atoms with E-state index in [1.165, 1.54) is 0 Å². The van der Waals surface area contributed by atoms with Gasteiger partial charge in [-0.25, -0.2) is 9.67 Å². The van der Waals surface area contributed by atoms with E-state index in [0.29, 0.717) is 0 Å². The second kappa shape index (κ2) is 4.35. The average molecular weight is 253 g/mol. The van der Waals surface area contributed by atoms with Crippen LogP contribution < -0.4 is 4.90 Å². The van der Waals surface area contributed by atoms with Gasteiger partial charge in [-0.15, -0.1) is 0 Å². The third-order valence-electron chi connectivity index (χ3n) is 3.10. The van der Waals surface area contributed by atoms with Crippen molar-refractivity contribution in [2.45, 2.75) is 0 Å². The number of hydrogen-bond acceptors (Lipinski definition) is 4. The Bertz CT molecular complexity index is 715. The Kier molecular flexibility index (Phi) is 2.67. The highest BCUT2D eigenvalue weighted by atomic mass is 15.3. The van der Waals surface area contributed by atoms with Crippen LogP contribution in [-0.2, 0) is 7.05 Å². The highest BCUT2D eigenvalue weighted by Crippen LogP contribution is 2.27. The molecule has 0 unspecified atom stereocenters. The quantitative estimate of drug-likeness (QED) is 0.701. The normalized spacial score (nSPS) is 10.9. The number of hydrogen-bond donors (Lipinski definition) is 0. The Hall–Kier alpha value is -2.43. The van der Waals surface area contributed by atoms with Gasteiger partial charge in [0.2, 0.25) is 0 Å². The van der Waals surface area contributed by atoms with Gasteiger partial charge in [-0.3, -0.25) is 4.98 Å². The SMILES string of the molecule is CN(C)c1nn(C)c2ncc(-c3ccncc3)cc12. The van der Waals surface area contributed by atoms with Gasteiger partial charge in [0.1, 0.15) is 0 Å². The van der Waals surface area contributed by atoms with Crippen LogP contribution in [0.1, 0.15) is 0 Å². The summed E-state index contributed by atoms with van der Waals surface area (Å²) in [5, 5.41) is 5.55. The molecule has 3 heterocycles. The summed E-state index contributed by atoms with van der Waals surface area (Å²) in [5.74, 6) is 0.931. The molecule has 0 amide bonds. The van der Waals surface area contributed by atoms with Crippen molar-refractivity contribution in [3.63, 3.8) is 0 Å². The number of nitrogens with zero attached hydrogens (tertiary/aromatic N) is 5. The Morgan fingerprint density at radius 1 is 1.11 bits per heavy atom. The molecule has 5 heteroatoms. The van der Waals surface area contributed by atoms with Crippen molar-refractivity contribution in [3.8, 4) is 11.1 Å². The van der Waals surface area contributed by atoms with Gasteiger partial charge in [0.25, 0.3) is 0 Å². The summed E-state index contributed by atoms with van der Waals surface area (Å²) in [6, 6.07) is 6.09. The first kappa shape index (κ1) is 11.6. The maximum atomic E-state index is 4.51. The van der Waals surface area contributed by atoms with Gasteiger partial charge in [0.05, 0.1) is 5.39 Å². The fraction of sp³-hybridized carbons (Fsp3) is 0.214. The molecule has 0 aliphatic heterocycles. The van der Waals surface area contributed by atoms with Gasteiger partial charge in [0.15, 0.2) is 11.5 Å².